The maximum atomic E-state index is 4.35. The average molecular weight is 181 g/mol. The summed E-state index contributed by atoms with van der Waals surface area (Å²) in [7, 11) is 0. The number of nitrogens with zero attached hydrogens (tertiary/aromatic N) is 1. The van der Waals surface area contributed by atoms with Crippen LogP contribution in [0.5, 0.6) is 0 Å². The van der Waals surface area contributed by atoms with Crippen molar-refractivity contribution in [1.82, 2.24) is 10.6 Å². The van der Waals surface area contributed by atoms with Gasteiger partial charge in [0.1, 0.15) is 0 Å². The van der Waals surface area contributed by atoms with Gasteiger partial charge in [-0.1, -0.05) is 19.3 Å². The summed E-state index contributed by atoms with van der Waals surface area (Å²) in [4.78, 5) is 4.35. The standard InChI is InChI=1S/C10H19N3/c1-8-7-12-10(13-8)11-6-5-9-3-2-4-9/h8-9H,2-7H2,1H3,(H2,11,12,13). The minimum absolute atomic E-state index is 0.520. The van der Waals surface area contributed by atoms with Gasteiger partial charge in [0.05, 0.1) is 6.54 Å². The Morgan fingerprint density at radius 3 is 2.92 bits per heavy atom. The van der Waals surface area contributed by atoms with Crippen LogP contribution >= 0.6 is 0 Å². The molecule has 0 aromatic rings. The molecule has 74 valence electrons. The van der Waals surface area contributed by atoms with Gasteiger partial charge in [-0.2, -0.15) is 0 Å². The van der Waals surface area contributed by atoms with Gasteiger partial charge in [-0.25, -0.2) is 0 Å². The maximum absolute atomic E-state index is 4.35. The fourth-order valence-corrected chi connectivity index (χ4v) is 1.84. The van der Waals surface area contributed by atoms with Gasteiger partial charge < -0.3 is 10.6 Å². The van der Waals surface area contributed by atoms with Crippen molar-refractivity contribution >= 4 is 5.96 Å². The molecule has 2 rings (SSSR count). The fourth-order valence-electron chi connectivity index (χ4n) is 1.84. The Hall–Kier alpha value is -0.730. The Balaban J connectivity index is 1.57. The molecule has 1 atom stereocenters. The molecule has 1 aliphatic heterocycles. The molecule has 13 heavy (non-hydrogen) atoms. The zero-order valence-corrected chi connectivity index (χ0v) is 8.34. The molecule has 0 radical (unpaired) electrons. The number of aliphatic imine (C=N–C) groups is 1. The third kappa shape index (κ3) is 2.36. The van der Waals surface area contributed by atoms with Gasteiger partial charge in [-0.05, 0) is 19.3 Å². The van der Waals surface area contributed by atoms with E-state index in [-0.39, 0.29) is 0 Å². The highest BCUT2D eigenvalue weighted by Crippen LogP contribution is 2.28. The maximum Gasteiger partial charge on any atom is 0.191 e. The van der Waals surface area contributed by atoms with Gasteiger partial charge in [0, 0.05) is 12.6 Å². The molecule has 0 bridgehead atoms. The normalized spacial score (nSPS) is 27.8. The fraction of sp³-hybridized carbons (Fsp3) is 0.900. The Kier molecular flexibility index (Phi) is 2.71. The molecule has 0 aromatic carbocycles. The van der Waals surface area contributed by atoms with Crippen LogP contribution in [0.15, 0.2) is 4.99 Å². The molecule has 1 fully saturated rings. The predicted molar refractivity (Wildman–Crippen MR) is 54.9 cm³/mol. The van der Waals surface area contributed by atoms with E-state index in [1.165, 1.54) is 25.7 Å². The monoisotopic (exact) mass is 181 g/mol. The second kappa shape index (κ2) is 3.99. The van der Waals surface area contributed by atoms with E-state index in [0.717, 1.165) is 25.0 Å². The minimum atomic E-state index is 0.520. The van der Waals surface area contributed by atoms with Crippen molar-refractivity contribution in [1.29, 1.82) is 0 Å². The minimum Gasteiger partial charge on any atom is -0.356 e. The van der Waals surface area contributed by atoms with Crippen LogP contribution in [0.4, 0.5) is 0 Å². The van der Waals surface area contributed by atoms with Gasteiger partial charge in [0.15, 0.2) is 5.96 Å². The van der Waals surface area contributed by atoms with E-state index in [2.05, 4.69) is 22.5 Å². The lowest BCUT2D eigenvalue weighted by Gasteiger charge is -2.25. The van der Waals surface area contributed by atoms with E-state index in [9.17, 15) is 0 Å². The highest BCUT2D eigenvalue weighted by molar-refractivity contribution is 5.81. The molecule has 1 saturated carbocycles. The van der Waals surface area contributed by atoms with Gasteiger partial charge in [0.2, 0.25) is 0 Å². The molecule has 0 aromatic heterocycles. The molecule has 1 unspecified atom stereocenters. The van der Waals surface area contributed by atoms with Crippen molar-refractivity contribution in [3.63, 3.8) is 0 Å². The number of hydrogen-bond donors (Lipinski definition) is 2. The molecule has 1 aliphatic carbocycles. The largest absolute Gasteiger partial charge is 0.356 e. The molecule has 3 nitrogen and oxygen atoms in total. The first-order chi connectivity index (χ1) is 6.34. The molecule has 2 aliphatic rings. The number of hydrogen-bond acceptors (Lipinski definition) is 3. The van der Waals surface area contributed by atoms with Crippen LogP contribution < -0.4 is 10.6 Å². The number of guanidine groups is 1. The summed E-state index contributed by atoms with van der Waals surface area (Å²) in [6.07, 6.45) is 5.64. The van der Waals surface area contributed by atoms with E-state index in [1.54, 1.807) is 0 Å². The van der Waals surface area contributed by atoms with E-state index in [4.69, 9.17) is 0 Å². The van der Waals surface area contributed by atoms with Crippen molar-refractivity contribution in [2.45, 2.75) is 38.6 Å². The molecular weight excluding hydrogens is 162 g/mol. The highest BCUT2D eigenvalue weighted by Gasteiger charge is 2.17. The first-order valence-electron chi connectivity index (χ1n) is 5.39. The van der Waals surface area contributed by atoms with Crippen molar-refractivity contribution in [3.05, 3.63) is 0 Å². The zero-order valence-electron chi connectivity index (χ0n) is 8.34. The van der Waals surface area contributed by atoms with Crippen molar-refractivity contribution in [2.75, 3.05) is 13.1 Å². The SMILES string of the molecule is CC1CN=C(NCCC2CCC2)N1. The first-order valence-corrected chi connectivity index (χ1v) is 5.39. The van der Waals surface area contributed by atoms with Crippen LogP contribution in [-0.2, 0) is 0 Å². The highest BCUT2D eigenvalue weighted by atomic mass is 15.2. The summed E-state index contributed by atoms with van der Waals surface area (Å²) in [6, 6.07) is 0.520. The van der Waals surface area contributed by atoms with E-state index in [1.807, 2.05) is 0 Å². The lowest BCUT2D eigenvalue weighted by atomic mass is 9.83. The molecule has 3 heteroatoms. The van der Waals surface area contributed by atoms with Crippen LogP contribution in [0.1, 0.15) is 32.6 Å². The number of nitrogens with one attached hydrogen (secondary N) is 2. The summed E-state index contributed by atoms with van der Waals surface area (Å²) in [5.41, 5.74) is 0. The summed E-state index contributed by atoms with van der Waals surface area (Å²) in [5.74, 6) is 2.00. The smallest absolute Gasteiger partial charge is 0.191 e. The Labute approximate surface area is 80.0 Å². The molecule has 0 spiro atoms. The van der Waals surface area contributed by atoms with Crippen molar-refractivity contribution in [3.8, 4) is 0 Å². The quantitative estimate of drug-likeness (QED) is 0.684. The zero-order chi connectivity index (χ0) is 9.10. The summed E-state index contributed by atoms with van der Waals surface area (Å²) in [6.45, 7) is 4.17. The molecule has 1 heterocycles. The Morgan fingerprint density at radius 1 is 1.54 bits per heavy atom. The van der Waals surface area contributed by atoms with Crippen LogP contribution in [0, 0.1) is 5.92 Å². The summed E-state index contributed by atoms with van der Waals surface area (Å²) < 4.78 is 0. The van der Waals surface area contributed by atoms with Gasteiger partial charge in [0.25, 0.3) is 0 Å². The van der Waals surface area contributed by atoms with Crippen LogP contribution in [-0.4, -0.2) is 25.1 Å². The number of rotatable bonds is 3. The second-order valence-corrected chi connectivity index (χ2v) is 4.25. The van der Waals surface area contributed by atoms with Crippen LogP contribution in [0.25, 0.3) is 0 Å². The molecular formula is C10H19N3. The van der Waals surface area contributed by atoms with Crippen LogP contribution in [0.3, 0.4) is 0 Å². The molecule has 0 saturated heterocycles. The first kappa shape index (κ1) is 8.85. The van der Waals surface area contributed by atoms with Crippen molar-refractivity contribution < 1.29 is 0 Å². The molecule has 0 amide bonds. The van der Waals surface area contributed by atoms with Crippen LogP contribution in [0.2, 0.25) is 0 Å². The summed E-state index contributed by atoms with van der Waals surface area (Å²) >= 11 is 0. The Morgan fingerprint density at radius 2 is 2.38 bits per heavy atom. The van der Waals surface area contributed by atoms with E-state index < -0.39 is 0 Å². The van der Waals surface area contributed by atoms with Gasteiger partial charge in [-0.15, -0.1) is 0 Å². The summed E-state index contributed by atoms with van der Waals surface area (Å²) in [5, 5.41) is 6.65. The molecule has 2 N–H and O–H groups in total. The third-order valence-electron chi connectivity index (χ3n) is 2.98. The van der Waals surface area contributed by atoms with E-state index in [0.29, 0.717) is 6.04 Å². The lowest BCUT2D eigenvalue weighted by molar-refractivity contribution is 0.297. The van der Waals surface area contributed by atoms with Gasteiger partial charge >= 0.3 is 0 Å². The van der Waals surface area contributed by atoms with Gasteiger partial charge in [-0.3, -0.25) is 4.99 Å². The average Bonchev–Trinajstić information content (AvgIpc) is 2.42. The lowest BCUT2D eigenvalue weighted by Crippen LogP contribution is -2.38. The van der Waals surface area contributed by atoms with Crippen molar-refractivity contribution in [2.24, 2.45) is 10.9 Å². The second-order valence-electron chi connectivity index (χ2n) is 4.25. The topological polar surface area (TPSA) is 36.4 Å². The third-order valence-corrected chi connectivity index (χ3v) is 2.98. The Bertz CT molecular complexity index is 196. The van der Waals surface area contributed by atoms with E-state index >= 15 is 0 Å². The predicted octanol–water partition coefficient (Wildman–Crippen LogP) is 1.11.